The summed E-state index contributed by atoms with van der Waals surface area (Å²) in [7, 11) is 1.63. The predicted octanol–water partition coefficient (Wildman–Crippen LogP) is 2.20. The van der Waals surface area contributed by atoms with Crippen LogP contribution in [0.1, 0.15) is 37.0 Å². The zero-order chi connectivity index (χ0) is 15.6. The molecule has 0 unspecified atom stereocenters. The minimum Gasteiger partial charge on any atom is -0.372 e. The Balaban J connectivity index is 2.14. The number of carbonyl (C=O) groups is 1. The van der Waals surface area contributed by atoms with E-state index in [0.717, 1.165) is 19.0 Å². The van der Waals surface area contributed by atoms with Crippen molar-refractivity contribution in [1.29, 1.82) is 0 Å². The van der Waals surface area contributed by atoms with Crippen molar-refractivity contribution >= 4 is 17.4 Å². The fraction of sp³-hybridized carbons (Fsp3) is 0.571. The first kappa shape index (κ1) is 15.2. The standard InChI is InChI=1S/C14H20N4O3/c1-9(2)14(4-5-14)8-17-13(19)11-6-10(18(20)21)7-16-12(11)15-3/h6-7,9H,4-5,8H2,1-3H3,(H,15,16)(H,17,19). The van der Waals surface area contributed by atoms with Gasteiger partial charge in [-0.1, -0.05) is 13.8 Å². The summed E-state index contributed by atoms with van der Waals surface area (Å²) >= 11 is 0. The molecule has 0 spiro atoms. The summed E-state index contributed by atoms with van der Waals surface area (Å²) in [6.07, 6.45) is 3.35. The number of nitrogens with zero attached hydrogens (tertiary/aromatic N) is 2. The normalized spacial score (nSPS) is 15.6. The minimum atomic E-state index is -0.556. The van der Waals surface area contributed by atoms with Crippen LogP contribution < -0.4 is 10.6 Å². The summed E-state index contributed by atoms with van der Waals surface area (Å²) in [5, 5.41) is 16.5. The van der Waals surface area contributed by atoms with Crippen molar-refractivity contribution < 1.29 is 9.72 Å². The smallest absolute Gasteiger partial charge is 0.288 e. The van der Waals surface area contributed by atoms with E-state index >= 15 is 0 Å². The highest BCUT2D eigenvalue weighted by atomic mass is 16.6. The third kappa shape index (κ3) is 3.12. The van der Waals surface area contributed by atoms with Crippen LogP contribution in [0, 0.1) is 21.4 Å². The largest absolute Gasteiger partial charge is 0.372 e. The quantitative estimate of drug-likeness (QED) is 0.618. The van der Waals surface area contributed by atoms with Crippen LogP contribution in [0.4, 0.5) is 11.5 Å². The van der Waals surface area contributed by atoms with Gasteiger partial charge in [0.25, 0.3) is 11.6 Å². The molecule has 114 valence electrons. The van der Waals surface area contributed by atoms with E-state index in [1.165, 1.54) is 6.07 Å². The Bertz CT molecular complexity index is 567. The van der Waals surface area contributed by atoms with Gasteiger partial charge in [-0.3, -0.25) is 14.9 Å². The maximum Gasteiger partial charge on any atom is 0.288 e. The van der Waals surface area contributed by atoms with Gasteiger partial charge in [0, 0.05) is 19.7 Å². The van der Waals surface area contributed by atoms with Gasteiger partial charge >= 0.3 is 0 Å². The first-order valence-corrected chi connectivity index (χ1v) is 7.00. The molecule has 0 aliphatic heterocycles. The Morgan fingerprint density at radius 1 is 1.52 bits per heavy atom. The van der Waals surface area contributed by atoms with E-state index in [2.05, 4.69) is 29.5 Å². The van der Waals surface area contributed by atoms with Gasteiger partial charge in [-0.2, -0.15) is 0 Å². The minimum absolute atomic E-state index is 0.184. The molecule has 1 aromatic heterocycles. The lowest BCUT2D eigenvalue weighted by atomic mass is 9.92. The van der Waals surface area contributed by atoms with Gasteiger partial charge in [0.15, 0.2) is 0 Å². The third-order valence-corrected chi connectivity index (χ3v) is 4.28. The van der Waals surface area contributed by atoms with Gasteiger partial charge in [0.05, 0.1) is 10.5 Å². The van der Waals surface area contributed by atoms with Crippen molar-refractivity contribution in [2.24, 2.45) is 11.3 Å². The van der Waals surface area contributed by atoms with Crippen LogP contribution in [-0.4, -0.2) is 29.4 Å². The van der Waals surface area contributed by atoms with E-state index in [9.17, 15) is 14.9 Å². The monoisotopic (exact) mass is 292 g/mol. The molecule has 0 bridgehead atoms. The Hall–Kier alpha value is -2.18. The van der Waals surface area contributed by atoms with Gasteiger partial charge in [0.2, 0.25) is 0 Å². The van der Waals surface area contributed by atoms with E-state index in [1.54, 1.807) is 7.05 Å². The maximum absolute atomic E-state index is 12.3. The van der Waals surface area contributed by atoms with Gasteiger partial charge in [0.1, 0.15) is 12.0 Å². The molecular formula is C14H20N4O3. The topological polar surface area (TPSA) is 97.2 Å². The molecule has 1 aromatic rings. The van der Waals surface area contributed by atoms with Crippen molar-refractivity contribution in [2.75, 3.05) is 18.9 Å². The number of anilines is 1. The van der Waals surface area contributed by atoms with Crippen molar-refractivity contribution in [2.45, 2.75) is 26.7 Å². The Morgan fingerprint density at radius 3 is 2.67 bits per heavy atom. The number of nitrogens with one attached hydrogen (secondary N) is 2. The zero-order valence-electron chi connectivity index (χ0n) is 12.5. The Labute approximate surface area is 123 Å². The van der Waals surface area contributed by atoms with Crippen LogP contribution in [0.3, 0.4) is 0 Å². The third-order valence-electron chi connectivity index (χ3n) is 4.28. The van der Waals surface area contributed by atoms with E-state index < -0.39 is 4.92 Å². The van der Waals surface area contributed by atoms with E-state index in [0.29, 0.717) is 18.3 Å². The lowest BCUT2D eigenvalue weighted by molar-refractivity contribution is -0.385. The highest BCUT2D eigenvalue weighted by molar-refractivity contribution is 5.99. The molecule has 1 heterocycles. The molecule has 7 heteroatoms. The summed E-state index contributed by atoms with van der Waals surface area (Å²) in [6, 6.07) is 1.25. The molecule has 1 saturated carbocycles. The summed E-state index contributed by atoms with van der Waals surface area (Å²) < 4.78 is 0. The van der Waals surface area contributed by atoms with E-state index in [4.69, 9.17) is 0 Å². The Kier molecular flexibility index (Phi) is 4.11. The first-order valence-electron chi connectivity index (χ1n) is 7.00. The van der Waals surface area contributed by atoms with Gasteiger partial charge in [-0.15, -0.1) is 0 Å². The molecule has 2 rings (SSSR count). The molecular weight excluding hydrogens is 272 g/mol. The number of carbonyl (C=O) groups excluding carboxylic acids is 1. The van der Waals surface area contributed by atoms with Crippen LogP contribution in [0.5, 0.6) is 0 Å². The average Bonchev–Trinajstić information content (AvgIpc) is 3.25. The number of rotatable bonds is 6. The fourth-order valence-corrected chi connectivity index (χ4v) is 2.40. The van der Waals surface area contributed by atoms with Crippen LogP contribution in [0.25, 0.3) is 0 Å². The number of amides is 1. The maximum atomic E-state index is 12.3. The molecule has 0 aromatic carbocycles. The Morgan fingerprint density at radius 2 is 2.19 bits per heavy atom. The molecule has 2 N–H and O–H groups in total. The van der Waals surface area contributed by atoms with Crippen molar-refractivity contribution in [3.8, 4) is 0 Å². The second-order valence-electron chi connectivity index (χ2n) is 5.80. The number of pyridine rings is 1. The van der Waals surface area contributed by atoms with Crippen LogP contribution in [0.2, 0.25) is 0 Å². The van der Waals surface area contributed by atoms with Gasteiger partial charge in [-0.25, -0.2) is 4.98 Å². The average molecular weight is 292 g/mol. The predicted molar refractivity (Wildman–Crippen MR) is 79.3 cm³/mol. The van der Waals surface area contributed by atoms with E-state index in [1.807, 2.05) is 0 Å². The molecule has 7 nitrogen and oxygen atoms in total. The van der Waals surface area contributed by atoms with Crippen molar-refractivity contribution in [3.63, 3.8) is 0 Å². The number of hydrogen-bond donors (Lipinski definition) is 2. The molecule has 1 amide bonds. The summed E-state index contributed by atoms with van der Waals surface area (Å²) in [4.78, 5) is 26.5. The summed E-state index contributed by atoms with van der Waals surface area (Å²) in [5.74, 6) is 0.514. The van der Waals surface area contributed by atoms with Crippen molar-refractivity contribution in [3.05, 3.63) is 27.9 Å². The van der Waals surface area contributed by atoms with Gasteiger partial charge in [-0.05, 0) is 24.2 Å². The first-order chi connectivity index (χ1) is 9.89. The number of aromatic nitrogens is 1. The lowest BCUT2D eigenvalue weighted by Crippen LogP contribution is -2.33. The SMILES string of the molecule is CNc1ncc([N+](=O)[O-])cc1C(=O)NCC1(C(C)C)CC1. The molecule has 0 atom stereocenters. The second kappa shape index (κ2) is 5.67. The number of nitro groups is 1. The lowest BCUT2D eigenvalue weighted by Gasteiger charge is -2.20. The zero-order valence-corrected chi connectivity index (χ0v) is 12.5. The highest BCUT2D eigenvalue weighted by Gasteiger charge is 2.45. The second-order valence-corrected chi connectivity index (χ2v) is 5.80. The van der Waals surface area contributed by atoms with E-state index in [-0.39, 0.29) is 22.6 Å². The molecule has 0 radical (unpaired) electrons. The fourth-order valence-electron chi connectivity index (χ4n) is 2.40. The molecule has 1 aliphatic carbocycles. The molecule has 0 saturated heterocycles. The highest BCUT2D eigenvalue weighted by Crippen LogP contribution is 2.51. The summed E-state index contributed by atoms with van der Waals surface area (Å²) in [6.45, 7) is 4.88. The van der Waals surface area contributed by atoms with Crippen LogP contribution >= 0.6 is 0 Å². The van der Waals surface area contributed by atoms with Gasteiger partial charge < -0.3 is 10.6 Å². The summed E-state index contributed by atoms with van der Waals surface area (Å²) in [5.41, 5.74) is 0.194. The van der Waals surface area contributed by atoms with Crippen molar-refractivity contribution in [1.82, 2.24) is 10.3 Å². The number of hydrogen-bond acceptors (Lipinski definition) is 5. The molecule has 1 fully saturated rings. The van der Waals surface area contributed by atoms with Crippen LogP contribution in [0.15, 0.2) is 12.3 Å². The molecule has 1 aliphatic rings. The van der Waals surface area contributed by atoms with Crippen LogP contribution in [-0.2, 0) is 0 Å². The molecule has 21 heavy (non-hydrogen) atoms.